The molecule has 128 valence electrons. The number of aromatic nitrogens is 2. The number of rotatable bonds is 5. The third kappa shape index (κ3) is 4.39. The highest BCUT2D eigenvalue weighted by atomic mass is 19.1. The number of nitrogens with zero attached hydrogens (tertiary/aromatic N) is 3. The lowest BCUT2D eigenvalue weighted by molar-refractivity contribution is 0.102. The third-order valence-electron chi connectivity index (χ3n) is 3.56. The number of hydrogen-bond acceptors (Lipinski definition) is 5. The molecule has 0 unspecified atom stereocenters. The standard InChI is InChI=1S/C19H14FN5O/c20-15-5-7-16(8-6-15)25-19(26)14-3-1-13(2-4-14)10-23-18-12-22-17(9-21)11-24-18/h1-8,11-12H,10H2,(H,23,24)(H,25,26). The van der Waals surface area contributed by atoms with E-state index in [0.29, 0.717) is 23.6 Å². The minimum Gasteiger partial charge on any atom is -0.365 e. The van der Waals surface area contributed by atoms with Gasteiger partial charge in [-0.2, -0.15) is 5.26 Å². The summed E-state index contributed by atoms with van der Waals surface area (Å²) in [6, 6.07) is 14.6. The number of nitriles is 1. The maximum absolute atomic E-state index is 12.9. The van der Waals surface area contributed by atoms with Gasteiger partial charge in [0.2, 0.25) is 0 Å². The minimum atomic E-state index is -0.355. The zero-order valence-electron chi connectivity index (χ0n) is 13.6. The molecule has 0 aliphatic heterocycles. The zero-order valence-corrected chi connectivity index (χ0v) is 13.6. The Balaban J connectivity index is 1.57. The number of carbonyl (C=O) groups excluding carboxylic acids is 1. The molecule has 2 aromatic carbocycles. The maximum atomic E-state index is 12.9. The molecule has 26 heavy (non-hydrogen) atoms. The van der Waals surface area contributed by atoms with Crippen LogP contribution in [0.1, 0.15) is 21.6 Å². The van der Waals surface area contributed by atoms with Crippen LogP contribution < -0.4 is 10.6 Å². The molecule has 0 aliphatic rings. The van der Waals surface area contributed by atoms with Crippen molar-refractivity contribution in [1.29, 1.82) is 5.26 Å². The summed E-state index contributed by atoms with van der Waals surface area (Å²) in [4.78, 5) is 20.2. The molecular weight excluding hydrogens is 333 g/mol. The largest absolute Gasteiger partial charge is 0.365 e. The molecule has 3 rings (SSSR count). The second-order valence-electron chi connectivity index (χ2n) is 5.41. The number of benzene rings is 2. The number of amides is 1. The molecule has 0 spiro atoms. The van der Waals surface area contributed by atoms with Crippen molar-refractivity contribution in [3.8, 4) is 6.07 Å². The van der Waals surface area contributed by atoms with Crippen LogP contribution >= 0.6 is 0 Å². The molecule has 0 bridgehead atoms. The molecule has 0 saturated heterocycles. The van der Waals surface area contributed by atoms with E-state index in [-0.39, 0.29) is 17.4 Å². The fourth-order valence-corrected chi connectivity index (χ4v) is 2.18. The molecule has 6 nitrogen and oxygen atoms in total. The number of halogens is 1. The Labute approximate surface area is 149 Å². The highest BCUT2D eigenvalue weighted by Gasteiger charge is 2.06. The Morgan fingerprint density at radius 3 is 2.38 bits per heavy atom. The predicted molar refractivity (Wildman–Crippen MR) is 94.9 cm³/mol. The predicted octanol–water partition coefficient (Wildman–Crippen LogP) is 3.35. The van der Waals surface area contributed by atoms with Gasteiger partial charge in [-0.15, -0.1) is 0 Å². The van der Waals surface area contributed by atoms with Gasteiger partial charge in [-0.25, -0.2) is 14.4 Å². The van der Waals surface area contributed by atoms with Crippen LogP contribution in [0.4, 0.5) is 15.9 Å². The Hall–Kier alpha value is -3.79. The van der Waals surface area contributed by atoms with E-state index in [1.807, 2.05) is 18.2 Å². The number of carbonyl (C=O) groups is 1. The fraction of sp³-hybridized carbons (Fsp3) is 0.0526. The highest BCUT2D eigenvalue weighted by Crippen LogP contribution is 2.12. The summed E-state index contributed by atoms with van der Waals surface area (Å²) in [5, 5.41) is 14.5. The van der Waals surface area contributed by atoms with Gasteiger partial charge in [0, 0.05) is 17.8 Å². The average molecular weight is 347 g/mol. The molecule has 0 saturated carbocycles. The molecule has 1 heterocycles. The molecule has 1 aromatic heterocycles. The molecule has 2 N–H and O–H groups in total. The molecule has 7 heteroatoms. The van der Waals surface area contributed by atoms with Gasteiger partial charge in [0.1, 0.15) is 17.7 Å². The Bertz CT molecular complexity index is 932. The summed E-state index contributed by atoms with van der Waals surface area (Å²) in [6.45, 7) is 0.500. The number of nitrogens with one attached hydrogen (secondary N) is 2. The topological polar surface area (TPSA) is 90.7 Å². The smallest absolute Gasteiger partial charge is 0.255 e. The first-order valence-corrected chi connectivity index (χ1v) is 7.76. The van der Waals surface area contributed by atoms with Crippen molar-refractivity contribution in [2.75, 3.05) is 10.6 Å². The quantitative estimate of drug-likeness (QED) is 0.738. The van der Waals surface area contributed by atoms with Crippen LogP contribution in [0.25, 0.3) is 0 Å². The minimum absolute atomic E-state index is 0.257. The maximum Gasteiger partial charge on any atom is 0.255 e. The van der Waals surface area contributed by atoms with E-state index < -0.39 is 0 Å². The van der Waals surface area contributed by atoms with Gasteiger partial charge in [-0.3, -0.25) is 4.79 Å². The van der Waals surface area contributed by atoms with E-state index in [2.05, 4.69) is 20.6 Å². The SMILES string of the molecule is N#Cc1cnc(NCc2ccc(C(=O)Nc3ccc(F)cc3)cc2)cn1. The van der Waals surface area contributed by atoms with E-state index in [9.17, 15) is 9.18 Å². The molecule has 1 amide bonds. The Morgan fingerprint density at radius 1 is 1.04 bits per heavy atom. The Kier molecular flexibility index (Phi) is 5.15. The molecule has 0 atom stereocenters. The van der Waals surface area contributed by atoms with Crippen LogP contribution in [-0.2, 0) is 6.54 Å². The summed E-state index contributed by atoms with van der Waals surface area (Å²) in [7, 11) is 0. The van der Waals surface area contributed by atoms with Crippen LogP contribution in [0, 0.1) is 17.1 Å². The van der Waals surface area contributed by atoms with Gasteiger partial charge in [-0.1, -0.05) is 12.1 Å². The summed E-state index contributed by atoms with van der Waals surface area (Å²) >= 11 is 0. The van der Waals surface area contributed by atoms with Gasteiger partial charge < -0.3 is 10.6 Å². The van der Waals surface area contributed by atoms with Gasteiger partial charge in [0.15, 0.2) is 5.69 Å². The van der Waals surface area contributed by atoms with Crippen LogP contribution in [0.3, 0.4) is 0 Å². The lowest BCUT2D eigenvalue weighted by atomic mass is 10.1. The Morgan fingerprint density at radius 2 is 1.77 bits per heavy atom. The fourth-order valence-electron chi connectivity index (χ4n) is 2.18. The molecule has 3 aromatic rings. The van der Waals surface area contributed by atoms with Crippen molar-refractivity contribution >= 4 is 17.4 Å². The monoisotopic (exact) mass is 347 g/mol. The van der Waals surface area contributed by atoms with Crippen molar-refractivity contribution in [3.63, 3.8) is 0 Å². The van der Waals surface area contributed by atoms with Crippen molar-refractivity contribution < 1.29 is 9.18 Å². The van der Waals surface area contributed by atoms with Crippen LogP contribution in [0.2, 0.25) is 0 Å². The van der Waals surface area contributed by atoms with E-state index in [4.69, 9.17) is 5.26 Å². The first-order valence-electron chi connectivity index (χ1n) is 7.76. The molecule has 0 aliphatic carbocycles. The van der Waals surface area contributed by atoms with Crippen LogP contribution in [0.5, 0.6) is 0 Å². The van der Waals surface area contributed by atoms with Gasteiger partial charge >= 0.3 is 0 Å². The molecule has 0 radical (unpaired) electrons. The molecular formula is C19H14FN5O. The third-order valence-corrected chi connectivity index (χ3v) is 3.56. The van der Waals surface area contributed by atoms with E-state index in [1.165, 1.54) is 36.7 Å². The van der Waals surface area contributed by atoms with Gasteiger partial charge in [0.05, 0.1) is 12.4 Å². The van der Waals surface area contributed by atoms with E-state index in [1.54, 1.807) is 12.1 Å². The van der Waals surface area contributed by atoms with E-state index in [0.717, 1.165) is 5.56 Å². The lowest BCUT2D eigenvalue weighted by Crippen LogP contribution is -2.12. The first kappa shape index (κ1) is 17.0. The number of hydrogen-bond donors (Lipinski definition) is 2. The average Bonchev–Trinajstić information content (AvgIpc) is 2.69. The van der Waals surface area contributed by atoms with Gasteiger partial charge in [0.25, 0.3) is 5.91 Å². The van der Waals surface area contributed by atoms with Gasteiger partial charge in [-0.05, 0) is 42.0 Å². The lowest BCUT2D eigenvalue weighted by Gasteiger charge is -2.08. The second kappa shape index (κ2) is 7.85. The summed E-state index contributed by atoms with van der Waals surface area (Å²) in [6.07, 6.45) is 2.88. The highest BCUT2D eigenvalue weighted by molar-refractivity contribution is 6.04. The summed E-state index contributed by atoms with van der Waals surface area (Å²) in [5.41, 5.74) is 2.24. The van der Waals surface area contributed by atoms with Crippen molar-refractivity contribution in [1.82, 2.24) is 9.97 Å². The summed E-state index contributed by atoms with van der Waals surface area (Å²) < 4.78 is 12.9. The van der Waals surface area contributed by atoms with Crippen LogP contribution in [0.15, 0.2) is 60.9 Å². The zero-order chi connectivity index (χ0) is 18.4. The van der Waals surface area contributed by atoms with Crippen molar-refractivity contribution in [3.05, 3.63) is 83.6 Å². The van der Waals surface area contributed by atoms with E-state index >= 15 is 0 Å². The van der Waals surface area contributed by atoms with Crippen molar-refractivity contribution in [2.24, 2.45) is 0 Å². The second-order valence-corrected chi connectivity index (χ2v) is 5.41. The first-order chi connectivity index (χ1) is 12.6. The van der Waals surface area contributed by atoms with Crippen molar-refractivity contribution in [2.45, 2.75) is 6.54 Å². The normalized spacial score (nSPS) is 10.0. The summed E-state index contributed by atoms with van der Waals surface area (Å²) in [5.74, 6) is -0.0667. The van der Waals surface area contributed by atoms with Crippen LogP contribution in [-0.4, -0.2) is 15.9 Å². The number of anilines is 2. The molecule has 0 fully saturated rings.